The first-order valence-corrected chi connectivity index (χ1v) is 9.26. The smallest absolute Gasteiger partial charge is 0.110 e. The predicted octanol–water partition coefficient (Wildman–Crippen LogP) is 3.29. The van der Waals surface area contributed by atoms with Crippen LogP contribution in [-0.2, 0) is 4.74 Å². The van der Waals surface area contributed by atoms with Crippen molar-refractivity contribution in [3.8, 4) is 0 Å². The van der Waals surface area contributed by atoms with Crippen LogP contribution in [0.1, 0.15) is 33.1 Å². The first-order valence-electron chi connectivity index (χ1n) is 7.16. The van der Waals surface area contributed by atoms with Crippen LogP contribution in [0.4, 0.5) is 0 Å². The van der Waals surface area contributed by atoms with Gasteiger partial charge in [0, 0.05) is 28.4 Å². The van der Waals surface area contributed by atoms with Gasteiger partial charge in [-0.1, -0.05) is 13.8 Å². The van der Waals surface area contributed by atoms with Crippen LogP contribution in [0.25, 0.3) is 0 Å². The summed E-state index contributed by atoms with van der Waals surface area (Å²) < 4.78 is 5.83. The molecule has 104 valence electrons. The molecule has 3 unspecified atom stereocenters. The highest BCUT2D eigenvalue weighted by Gasteiger charge is 2.35. The van der Waals surface area contributed by atoms with E-state index < -0.39 is 0 Å². The molecular weight excluding hydrogens is 262 g/mol. The van der Waals surface area contributed by atoms with E-state index in [0.29, 0.717) is 11.3 Å². The Labute approximate surface area is 120 Å². The summed E-state index contributed by atoms with van der Waals surface area (Å²) in [5.74, 6) is 3.80. The molecular formula is C14H25NOS2. The third kappa shape index (κ3) is 3.61. The van der Waals surface area contributed by atoms with Crippen molar-refractivity contribution in [1.82, 2.24) is 5.32 Å². The van der Waals surface area contributed by atoms with Gasteiger partial charge in [0.2, 0.25) is 0 Å². The molecule has 0 aromatic carbocycles. The van der Waals surface area contributed by atoms with Gasteiger partial charge in [-0.25, -0.2) is 0 Å². The molecule has 2 aliphatic heterocycles. The van der Waals surface area contributed by atoms with Gasteiger partial charge in [-0.2, -0.15) is 23.5 Å². The molecule has 2 nitrogen and oxygen atoms in total. The lowest BCUT2D eigenvalue weighted by atomic mass is 10.1. The minimum Gasteiger partial charge on any atom is -0.496 e. The molecule has 0 bridgehead atoms. The summed E-state index contributed by atoms with van der Waals surface area (Å²) in [5.41, 5.74) is 0. The Morgan fingerprint density at radius 1 is 1.39 bits per heavy atom. The van der Waals surface area contributed by atoms with Gasteiger partial charge >= 0.3 is 0 Å². The molecule has 0 aromatic heterocycles. The summed E-state index contributed by atoms with van der Waals surface area (Å²) in [6, 6.07) is 0.426. The zero-order valence-electron chi connectivity index (χ0n) is 11.5. The first kappa shape index (κ1) is 14.6. The molecule has 0 spiro atoms. The Morgan fingerprint density at radius 2 is 2.22 bits per heavy atom. The van der Waals surface area contributed by atoms with Gasteiger partial charge < -0.3 is 10.1 Å². The molecule has 0 saturated carbocycles. The van der Waals surface area contributed by atoms with E-state index in [-0.39, 0.29) is 0 Å². The number of ether oxygens (including phenoxy) is 1. The van der Waals surface area contributed by atoms with Crippen LogP contribution in [0.15, 0.2) is 11.8 Å². The van der Waals surface area contributed by atoms with Crippen molar-refractivity contribution < 1.29 is 4.74 Å². The molecule has 0 aromatic rings. The zero-order chi connectivity index (χ0) is 12.8. The van der Waals surface area contributed by atoms with Crippen molar-refractivity contribution >= 4 is 23.5 Å². The molecule has 2 rings (SSSR count). The van der Waals surface area contributed by atoms with E-state index >= 15 is 0 Å². The van der Waals surface area contributed by atoms with Gasteiger partial charge in [0.25, 0.3) is 0 Å². The third-order valence-electron chi connectivity index (χ3n) is 3.48. The largest absolute Gasteiger partial charge is 0.496 e. The minimum atomic E-state index is 0.426. The predicted molar refractivity (Wildman–Crippen MR) is 83.5 cm³/mol. The van der Waals surface area contributed by atoms with E-state index in [1.807, 2.05) is 0 Å². The van der Waals surface area contributed by atoms with E-state index in [1.54, 1.807) is 0 Å². The number of rotatable bonds is 6. The summed E-state index contributed by atoms with van der Waals surface area (Å²) in [5, 5.41) is 5.16. The maximum atomic E-state index is 5.83. The average Bonchev–Trinajstić information content (AvgIpc) is 2.94. The molecule has 2 heterocycles. The molecule has 1 N–H and O–H groups in total. The minimum absolute atomic E-state index is 0.426. The molecule has 18 heavy (non-hydrogen) atoms. The highest BCUT2D eigenvalue weighted by molar-refractivity contribution is 8.07. The van der Waals surface area contributed by atoms with E-state index in [1.165, 1.54) is 30.1 Å². The van der Waals surface area contributed by atoms with Crippen LogP contribution in [0.2, 0.25) is 0 Å². The molecule has 1 fully saturated rings. The number of nitrogens with one attached hydrogen (secondary N) is 1. The molecule has 0 radical (unpaired) electrons. The van der Waals surface area contributed by atoms with E-state index in [2.05, 4.69) is 48.8 Å². The topological polar surface area (TPSA) is 21.3 Å². The Morgan fingerprint density at radius 3 is 2.89 bits per heavy atom. The van der Waals surface area contributed by atoms with Gasteiger partial charge in [0.05, 0.1) is 12.6 Å². The van der Waals surface area contributed by atoms with Crippen molar-refractivity contribution in [2.24, 2.45) is 0 Å². The molecule has 3 atom stereocenters. The van der Waals surface area contributed by atoms with Crippen LogP contribution in [0.5, 0.6) is 0 Å². The number of hydrogen-bond donors (Lipinski definition) is 1. The van der Waals surface area contributed by atoms with Crippen LogP contribution >= 0.6 is 23.5 Å². The van der Waals surface area contributed by atoms with Gasteiger partial charge in [-0.15, -0.1) is 0 Å². The number of hydrogen-bond acceptors (Lipinski definition) is 4. The summed E-state index contributed by atoms with van der Waals surface area (Å²) >= 11 is 4.29. The lowest BCUT2D eigenvalue weighted by Gasteiger charge is -2.36. The van der Waals surface area contributed by atoms with Crippen LogP contribution in [0, 0.1) is 0 Å². The van der Waals surface area contributed by atoms with Gasteiger partial charge in [-0.05, 0) is 25.5 Å². The second kappa shape index (κ2) is 7.71. The second-order valence-electron chi connectivity index (χ2n) is 4.83. The Bertz CT molecular complexity index is 283. The summed E-state index contributed by atoms with van der Waals surface area (Å²) in [4.78, 5) is 0. The van der Waals surface area contributed by atoms with Crippen molar-refractivity contribution in [1.29, 1.82) is 0 Å². The molecule has 4 heteroatoms. The summed E-state index contributed by atoms with van der Waals surface area (Å²) in [6.45, 7) is 6.51. The molecule has 0 aliphatic carbocycles. The quantitative estimate of drug-likeness (QED) is 0.809. The highest BCUT2D eigenvalue weighted by Crippen LogP contribution is 2.37. The van der Waals surface area contributed by atoms with E-state index in [9.17, 15) is 0 Å². The molecule has 1 saturated heterocycles. The highest BCUT2D eigenvalue weighted by atomic mass is 32.2. The first-order chi connectivity index (χ1) is 8.86. The van der Waals surface area contributed by atoms with Gasteiger partial charge in [0.1, 0.15) is 5.76 Å². The van der Waals surface area contributed by atoms with E-state index in [4.69, 9.17) is 4.74 Å². The Hall–Kier alpha value is 0.200. The SMILES string of the molecule is CCCNC(C1=CCCO1)C1SCCSC1CC. The lowest BCUT2D eigenvalue weighted by Crippen LogP contribution is -2.46. The van der Waals surface area contributed by atoms with Crippen molar-refractivity contribution in [2.75, 3.05) is 24.7 Å². The van der Waals surface area contributed by atoms with Gasteiger partial charge in [-0.3, -0.25) is 0 Å². The monoisotopic (exact) mass is 287 g/mol. The second-order valence-corrected chi connectivity index (χ2v) is 7.46. The van der Waals surface area contributed by atoms with Gasteiger partial charge in [0.15, 0.2) is 0 Å². The fourth-order valence-electron chi connectivity index (χ4n) is 2.58. The van der Waals surface area contributed by atoms with Crippen LogP contribution in [-0.4, -0.2) is 41.2 Å². The Balaban J connectivity index is 2.05. The average molecular weight is 287 g/mol. The van der Waals surface area contributed by atoms with Crippen LogP contribution < -0.4 is 5.32 Å². The van der Waals surface area contributed by atoms with Crippen LogP contribution in [0.3, 0.4) is 0 Å². The van der Waals surface area contributed by atoms with Crippen molar-refractivity contribution in [3.05, 3.63) is 11.8 Å². The maximum absolute atomic E-state index is 5.83. The summed E-state index contributed by atoms with van der Waals surface area (Å²) in [7, 11) is 0. The fourth-order valence-corrected chi connectivity index (χ4v) is 5.81. The normalized spacial score (nSPS) is 29.8. The third-order valence-corrected chi connectivity index (χ3v) is 6.83. The van der Waals surface area contributed by atoms with Crippen molar-refractivity contribution in [3.63, 3.8) is 0 Å². The molecule has 0 amide bonds. The standard InChI is InChI=1S/C14H25NOS2/c1-3-7-15-13(11-6-5-8-16-11)14-12(4-2)17-9-10-18-14/h6,12-15H,3-5,7-10H2,1-2H3. The molecule has 2 aliphatic rings. The maximum Gasteiger partial charge on any atom is 0.110 e. The summed E-state index contributed by atoms with van der Waals surface area (Å²) in [6.07, 6.45) is 5.83. The number of thioether (sulfide) groups is 2. The van der Waals surface area contributed by atoms with E-state index in [0.717, 1.165) is 24.8 Å². The van der Waals surface area contributed by atoms with Crippen molar-refractivity contribution in [2.45, 2.75) is 49.7 Å². The lowest BCUT2D eigenvalue weighted by molar-refractivity contribution is 0.212. The fraction of sp³-hybridized carbons (Fsp3) is 0.857. The zero-order valence-corrected chi connectivity index (χ0v) is 13.1. The Kier molecular flexibility index (Phi) is 6.25.